The van der Waals surface area contributed by atoms with E-state index >= 15 is 0 Å². The van der Waals surface area contributed by atoms with Gasteiger partial charge in [0.2, 0.25) is 0 Å². The minimum absolute atomic E-state index is 0.137. The summed E-state index contributed by atoms with van der Waals surface area (Å²) in [6, 6.07) is 0.137. The number of amides is 1. The zero-order valence-electron chi connectivity index (χ0n) is 9.39. The summed E-state index contributed by atoms with van der Waals surface area (Å²) in [6.45, 7) is 0.741. The Morgan fingerprint density at radius 1 is 1.53 bits per heavy atom. The van der Waals surface area contributed by atoms with Crippen molar-refractivity contribution in [1.29, 1.82) is 0 Å². The number of aromatic nitrogens is 1. The smallest absolute Gasteiger partial charge is 0.271 e. The molecule has 17 heavy (non-hydrogen) atoms. The van der Waals surface area contributed by atoms with Crippen molar-refractivity contribution in [3.8, 4) is 0 Å². The highest BCUT2D eigenvalue weighted by molar-refractivity contribution is 7.13. The summed E-state index contributed by atoms with van der Waals surface area (Å²) >= 11 is 1.28. The first-order valence-electron chi connectivity index (χ1n) is 5.87. The van der Waals surface area contributed by atoms with Gasteiger partial charge < -0.3 is 15.8 Å². The van der Waals surface area contributed by atoms with Gasteiger partial charge in [0.05, 0.1) is 12.1 Å². The Morgan fingerprint density at radius 3 is 3.00 bits per heavy atom. The van der Waals surface area contributed by atoms with Crippen LogP contribution in [0, 0.1) is 5.92 Å². The minimum Gasteiger partial charge on any atom is -0.376 e. The lowest BCUT2D eigenvalue weighted by atomic mass is 10.1. The number of nitrogens with two attached hydrogens (primary N) is 1. The first-order chi connectivity index (χ1) is 8.24. The van der Waals surface area contributed by atoms with Crippen LogP contribution in [0.15, 0.2) is 5.38 Å². The molecule has 3 N–H and O–H groups in total. The van der Waals surface area contributed by atoms with Crippen LogP contribution in [-0.4, -0.2) is 29.6 Å². The molecule has 1 saturated heterocycles. The highest BCUT2D eigenvalue weighted by Gasteiger charge is 2.41. The van der Waals surface area contributed by atoms with Crippen LogP contribution in [0.25, 0.3) is 0 Å². The molecule has 0 radical (unpaired) electrons. The van der Waals surface area contributed by atoms with Crippen LogP contribution in [0.3, 0.4) is 0 Å². The van der Waals surface area contributed by atoms with Crippen LogP contribution < -0.4 is 11.1 Å². The summed E-state index contributed by atoms with van der Waals surface area (Å²) in [5.41, 5.74) is 5.92. The van der Waals surface area contributed by atoms with Crippen molar-refractivity contribution in [3.63, 3.8) is 0 Å². The maximum absolute atomic E-state index is 11.9. The Bertz CT molecular complexity index is 430. The van der Waals surface area contributed by atoms with Crippen LogP contribution in [0.2, 0.25) is 0 Å². The molecule has 2 atom stereocenters. The number of anilines is 1. The van der Waals surface area contributed by atoms with E-state index in [1.165, 1.54) is 24.2 Å². The van der Waals surface area contributed by atoms with Crippen molar-refractivity contribution in [2.45, 2.75) is 31.4 Å². The Kier molecular flexibility index (Phi) is 2.76. The van der Waals surface area contributed by atoms with Gasteiger partial charge in [0.1, 0.15) is 5.69 Å². The van der Waals surface area contributed by atoms with E-state index in [1.54, 1.807) is 5.38 Å². The summed E-state index contributed by atoms with van der Waals surface area (Å²) < 4.78 is 5.67. The molecule has 6 heteroatoms. The zero-order valence-corrected chi connectivity index (χ0v) is 10.2. The first-order valence-corrected chi connectivity index (χ1v) is 6.75. The van der Waals surface area contributed by atoms with Crippen molar-refractivity contribution in [2.24, 2.45) is 5.92 Å². The van der Waals surface area contributed by atoms with E-state index < -0.39 is 0 Å². The molecule has 0 bridgehead atoms. The third-order valence-corrected chi connectivity index (χ3v) is 3.97. The quantitative estimate of drug-likeness (QED) is 0.843. The summed E-state index contributed by atoms with van der Waals surface area (Å²) in [4.78, 5) is 15.9. The molecule has 2 fully saturated rings. The van der Waals surface area contributed by atoms with Gasteiger partial charge in [-0.15, -0.1) is 11.3 Å². The van der Waals surface area contributed by atoms with Crippen molar-refractivity contribution in [2.75, 3.05) is 12.3 Å². The molecule has 1 amide bonds. The Balaban J connectivity index is 1.64. The lowest BCUT2D eigenvalue weighted by Crippen LogP contribution is -2.41. The SMILES string of the molecule is Nc1nc(C(=O)NC2CCOC2C2CC2)cs1. The third kappa shape index (κ3) is 2.28. The molecule has 1 aliphatic heterocycles. The van der Waals surface area contributed by atoms with Gasteiger partial charge in [0, 0.05) is 12.0 Å². The van der Waals surface area contributed by atoms with Crippen molar-refractivity contribution < 1.29 is 9.53 Å². The summed E-state index contributed by atoms with van der Waals surface area (Å²) in [6.07, 6.45) is 3.54. The van der Waals surface area contributed by atoms with E-state index in [1.807, 2.05) is 0 Å². The molecule has 2 heterocycles. The number of nitrogen functional groups attached to an aromatic ring is 1. The van der Waals surface area contributed by atoms with Crippen LogP contribution in [0.4, 0.5) is 5.13 Å². The second-order valence-electron chi connectivity index (χ2n) is 4.61. The fourth-order valence-electron chi connectivity index (χ4n) is 2.29. The number of carbonyl (C=O) groups is 1. The number of hydrogen-bond donors (Lipinski definition) is 2. The molecule has 1 aromatic heterocycles. The number of thiazole rings is 1. The average molecular weight is 253 g/mol. The molecule has 0 spiro atoms. The molecule has 0 aromatic carbocycles. The van der Waals surface area contributed by atoms with E-state index in [0.29, 0.717) is 16.7 Å². The molecule has 1 aromatic rings. The van der Waals surface area contributed by atoms with Crippen LogP contribution in [0.5, 0.6) is 0 Å². The van der Waals surface area contributed by atoms with Gasteiger partial charge in [-0.3, -0.25) is 4.79 Å². The van der Waals surface area contributed by atoms with Gasteiger partial charge in [0.15, 0.2) is 5.13 Å². The van der Waals surface area contributed by atoms with Crippen LogP contribution in [0.1, 0.15) is 29.8 Å². The molecule has 5 nitrogen and oxygen atoms in total. The molecule has 92 valence electrons. The van der Waals surface area contributed by atoms with Gasteiger partial charge in [-0.25, -0.2) is 4.98 Å². The number of hydrogen-bond acceptors (Lipinski definition) is 5. The normalized spacial score (nSPS) is 28.2. The third-order valence-electron chi connectivity index (χ3n) is 3.29. The predicted octanol–water partition coefficient (Wildman–Crippen LogP) is 1.02. The van der Waals surface area contributed by atoms with Gasteiger partial charge in [-0.05, 0) is 25.2 Å². The number of nitrogens with one attached hydrogen (secondary N) is 1. The Labute approximate surface area is 103 Å². The van der Waals surface area contributed by atoms with E-state index in [2.05, 4.69) is 10.3 Å². The Morgan fingerprint density at radius 2 is 2.35 bits per heavy atom. The minimum atomic E-state index is -0.140. The van der Waals surface area contributed by atoms with Crippen molar-refractivity contribution >= 4 is 22.4 Å². The summed E-state index contributed by atoms with van der Waals surface area (Å²) in [5.74, 6) is 0.502. The van der Waals surface area contributed by atoms with Gasteiger partial charge >= 0.3 is 0 Å². The van der Waals surface area contributed by atoms with Crippen LogP contribution in [-0.2, 0) is 4.74 Å². The fraction of sp³-hybridized carbons (Fsp3) is 0.636. The number of nitrogens with zero attached hydrogens (tertiary/aromatic N) is 1. The highest BCUT2D eigenvalue weighted by Crippen LogP contribution is 2.38. The van der Waals surface area contributed by atoms with E-state index in [0.717, 1.165) is 13.0 Å². The zero-order chi connectivity index (χ0) is 11.8. The largest absolute Gasteiger partial charge is 0.376 e. The summed E-state index contributed by atoms with van der Waals surface area (Å²) in [7, 11) is 0. The molecular weight excluding hydrogens is 238 g/mol. The van der Waals surface area contributed by atoms with Crippen molar-refractivity contribution in [3.05, 3.63) is 11.1 Å². The maximum atomic E-state index is 11.9. The van der Waals surface area contributed by atoms with Gasteiger partial charge in [-0.1, -0.05) is 0 Å². The second-order valence-corrected chi connectivity index (χ2v) is 5.50. The molecule has 2 unspecified atom stereocenters. The van der Waals surface area contributed by atoms with E-state index in [-0.39, 0.29) is 18.1 Å². The van der Waals surface area contributed by atoms with Gasteiger partial charge in [-0.2, -0.15) is 0 Å². The number of rotatable bonds is 3. The van der Waals surface area contributed by atoms with Gasteiger partial charge in [0.25, 0.3) is 5.91 Å². The standard InChI is InChI=1S/C11H15N3O2S/c12-11-14-8(5-17-11)10(15)13-7-3-4-16-9(7)6-1-2-6/h5-7,9H,1-4H2,(H2,12,14)(H,13,15). The molecule has 1 saturated carbocycles. The molecular formula is C11H15N3O2S. The van der Waals surface area contributed by atoms with E-state index in [9.17, 15) is 4.79 Å². The second kappa shape index (κ2) is 4.27. The predicted molar refractivity (Wildman–Crippen MR) is 64.9 cm³/mol. The molecule has 2 aliphatic rings. The fourth-order valence-corrected chi connectivity index (χ4v) is 2.83. The van der Waals surface area contributed by atoms with Crippen molar-refractivity contribution in [1.82, 2.24) is 10.3 Å². The maximum Gasteiger partial charge on any atom is 0.271 e. The van der Waals surface area contributed by atoms with Crippen LogP contribution >= 0.6 is 11.3 Å². The topological polar surface area (TPSA) is 77.2 Å². The monoisotopic (exact) mass is 253 g/mol. The number of carbonyl (C=O) groups excluding carboxylic acids is 1. The molecule has 1 aliphatic carbocycles. The Hall–Kier alpha value is -1.14. The molecule has 3 rings (SSSR count). The van der Waals surface area contributed by atoms with E-state index in [4.69, 9.17) is 10.5 Å². The lowest BCUT2D eigenvalue weighted by molar-refractivity contribution is 0.0727. The average Bonchev–Trinajstić information content (AvgIpc) is 2.89. The lowest BCUT2D eigenvalue weighted by Gasteiger charge is -2.18. The number of ether oxygens (including phenoxy) is 1. The highest BCUT2D eigenvalue weighted by atomic mass is 32.1. The summed E-state index contributed by atoms with van der Waals surface area (Å²) in [5, 5.41) is 5.12. The first kappa shape index (κ1) is 11.0.